The van der Waals surface area contributed by atoms with Crippen LogP contribution in [0.2, 0.25) is 23.2 Å². The molecule has 0 aromatic heterocycles. The van der Waals surface area contributed by atoms with Gasteiger partial charge in [0.1, 0.15) is 12.4 Å². The number of fused-ring (bicyclic) bond motifs is 1. The Morgan fingerprint density at radius 1 is 1.00 bits per heavy atom. The van der Waals surface area contributed by atoms with E-state index in [4.69, 9.17) is 25.5 Å². The highest BCUT2D eigenvalue weighted by Gasteiger charge is 2.40. The number of benzene rings is 3. The lowest BCUT2D eigenvalue weighted by molar-refractivity contribution is -0.143. The summed E-state index contributed by atoms with van der Waals surface area (Å²) >= 11 is 6.12. The van der Waals surface area contributed by atoms with Crippen LogP contribution in [-0.4, -0.2) is 52.0 Å². The third-order valence-electron chi connectivity index (χ3n) is 8.96. The number of amides is 2. The van der Waals surface area contributed by atoms with Crippen molar-refractivity contribution in [3.05, 3.63) is 88.9 Å². The van der Waals surface area contributed by atoms with Crippen molar-refractivity contribution in [1.82, 2.24) is 0 Å². The Morgan fingerprint density at radius 3 is 2.22 bits per heavy atom. The van der Waals surface area contributed by atoms with Gasteiger partial charge in [0.2, 0.25) is 5.91 Å². The van der Waals surface area contributed by atoms with Crippen molar-refractivity contribution in [3.63, 3.8) is 0 Å². The lowest BCUT2D eigenvalue weighted by atomic mass is 9.89. The van der Waals surface area contributed by atoms with E-state index in [9.17, 15) is 14.4 Å². The van der Waals surface area contributed by atoms with E-state index in [2.05, 4.69) is 33.9 Å². The smallest absolute Gasteiger partial charge is 0.308 e. The van der Waals surface area contributed by atoms with Crippen molar-refractivity contribution >= 4 is 49.1 Å². The minimum absolute atomic E-state index is 0.0339. The first-order valence-electron chi connectivity index (χ1n) is 15.6. The van der Waals surface area contributed by atoms with E-state index < -0.39 is 14.4 Å². The Balaban J connectivity index is 1.53. The first kappa shape index (κ1) is 35.2. The van der Waals surface area contributed by atoms with Crippen LogP contribution in [0.5, 0.6) is 5.75 Å². The van der Waals surface area contributed by atoms with Gasteiger partial charge < -0.3 is 23.7 Å². The van der Waals surface area contributed by atoms with E-state index in [1.807, 2.05) is 43.3 Å². The fourth-order valence-corrected chi connectivity index (χ4v) is 7.00. The largest absolute Gasteiger partial charge is 0.491 e. The Morgan fingerprint density at radius 2 is 1.63 bits per heavy atom. The van der Waals surface area contributed by atoms with Gasteiger partial charge in [-0.3, -0.25) is 14.4 Å². The molecule has 0 unspecified atom stereocenters. The number of ether oxygens (including phenoxy) is 2. The number of rotatable bonds is 10. The Kier molecular flexibility index (Phi) is 11.0. The summed E-state index contributed by atoms with van der Waals surface area (Å²) in [5, 5.41) is 0.562. The zero-order chi connectivity index (χ0) is 33.8. The van der Waals surface area contributed by atoms with Gasteiger partial charge in [0.25, 0.3) is 5.91 Å². The number of hydrogen-bond donors (Lipinski definition) is 0. The third kappa shape index (κ3) is 8.00. The summed E-state index contributed by atoms with van der Waals surface area (Å²) in [6.45, 7) is 14.4. The molecule has 46 heavy (non-hydrogen) atoms. The van der Waals surface area contributed by atoms with Crippen LogP contribution in [0.4, 0.5) is 11.4 Å². The molecule has 10 heteroatoms. The van der Waals surface area contributed by atoms with Crippen molar-refractivity contribution in [2.24, 2.45) is 0 Å². The summed E-state index contributed by atoms with van der Waals surface area (Å²) in [7, 11) is -0.806. The van der Waals surface area contributed by atoms with Gasteiger partial charge in [-0.15, -0.1) is 0 Å². The van der Waals surface area contributed by atoms with Crippen molar-refractivity contribution in [2.45, 2.75) is 83.8 Å². The first-order valence-corrected chi connectivity index (χ1v) is 18.9. The monoisotopic (exact) mass is 664 g/mol. The average molecular weight is 665 g/mol. The minimum Gasteiger partial charge on any atom is -0.491 e. The molecule has 3 aromatic rings. The maximum Gasteiger partial charge on any atom is 0.308 e. The molecule has 246 valence electrons. The molecule has 4 rings (SSSR count). The second-order valence-corrected chi connectivity index (χ2v) is 18.5. The SMILES string of the molecule is COC(=O)C[C@@H](COc1ccc(C(=O)N2c3ccccc3[C@H](N(C(C)=O)c3ccc(Cl)cc3)C[C@@H]2C)cc1)O[Si](C)(C)C(C)(C)C. The topological polar surface area (TPSA) is 85.4 Å². The van der Waals surface area contributed by atoms with Crippen LogP contribution >= 0.6 is 11.6 Å². The van der Waals surface area contributed by atoms with Gasteiger partial charge in [-0.25, -0.2) is 0 Å². The average Bonchev–Trinajstić information content (AvgIpc) is 3.00. The van der Waals surface area contributed by atoms with E-state index in [-0.39, 0.29) is 47.9 Å². The summed E-state index contributed by atoms with van der Waals surface area (Å²) in [5.41, 5.74) is 2.93. The lowest BCUT2D eigenvalue weighted by Crippen LogP contribution is -2.47. The number of para-hydroxylation sites is 1. The van der Waals surface area contributed by atoms with Gasteiger partial charge in [-0.05, 0) is 91.6 Å². The van der Waals surface area contributed by atoms with Crippen molar-refractivity contribution in [3.8, 4) is 5.75 Å². The summed E-state index contributed by atoms with van der Waals surface area (Å²) < 4.78 is 17.4. The van der Waals surface area contributed by atoms with Gasteiger partial charge in [0.15, 0.2) is 8.32 Å². The number of esters is 1. The highest BCUT2D eigenvalue weighted by molar-refractivity contribution is 6.74. The standard InChI is InChI=1S/C36H45ClN2O6Si/c1-24-21-33(39(25(2)40)28-17-15-27(37)16-18-28)31-11-9-10-12-32(31)38(24)35(42)26-13-19-29(20-14-26)44-23-30(22-34(41)43-6)45-46(7,8)36(3,4)5/h9-20,24,30,33H,21-23H2,1-8H3/t24-,30-,33+/m0/s1. The Hall–Kier alpha value is -3.66. The van der Waals surface area contributed by atoms with Crippen molar-refractivity contribution < 1.29 is 28.3 Å². The molecule has 0 radical (unpaired) electrons. The van der Waals surface area contributed by atoms with E-state index in [1.54, 1.807) is 53.1 Å². The van der Waals surface area contributed by atoms with Crippen molar-refractivity contribution in [2.75, 3.05) is 23.5 Å². The molecule has 8 nitrogen and oxygen atoms in total. The summed E-state index contributed by atoms with van der Waals surface area (Å²) in [4.78, 5) is 42.7. The Labute approximate surface area is 278 Å². The number of methoxy groups -OCH3 is 1. The summed E-state index contributed by atoms with van der Waals surface area (Å²) in [5.74, 6) is -0.0210. The number of anilines is 2. The number of halogens is 1. The molecule has 0 aliphatic carbocycles. The maximum atomic E-state index is 14.0. The molecule has 0 bridgehead atoms. The van der Waals surface area contributed by atoms with Crippen LogP contribution in [-0.2, 0) is 18.8 Å². The number of carbonyl (C=O) groups is 3. The summed E-state index contributed by atoms with van der Waals surface area (Å²) in [6.07, 6.45) is 0.184. The quantitative estimate of drug-likeness (QED) is 0.160. The molecular weight excluding hydrogens is 620 g/mol. The zero-order valence-electron chi connectivity index (χ0n) is 28.0. The first-order chi connectivity index (χ1) is 21.6. The molecule has 3 atom stereocenters. The summed E-state index contributed by atoms with van der Waals surface area (Å²) in [6, 6.07) is 21.5. The number of carbonyl (C=O) groups excluding carboxylic acids is 3. The second-order valence-electron chi connectivity index (χ2n) is 13.3. The molecular formula is C36H45ClN2O6Si. The predicted octanol–water partition coefficient (Wildman–Crippen LogP) is 8.21. The van der Waals surface area contributed by atoms with Gasteiger partial charge in [0.05, 0.1) is 25.7 Å². The Bertz CT molecular complexity index is 1540. The van der Waals surface area contributed by atoms with E-state index in [0.717, 1.165) is 16.9 Å². The fraction of sp³-hybridized carbons (Fsp3) is 0.417. The van der Waals surface area contributed by atoms with Crippen LogP contribution in [0.25, 0.3) is 0 Å². The van der Waals surface area contributed by atoms with Crippen LogP contribution in [0.3, 0.4) is 0 Å². The van der Waals surface area contributed by atoms with Crippen LogP contribution < -0.4 is 14.5 Å². The predicted molar refractivity (Wildman–Crippen MR) is 185 cm³/mol. The normalized spacial score (nSPS) is 17.1. The molecule has 0 spiro atoms. The van der Waals surface area contributed by atoms with Crippen LogP contribution in [0.1, 0.15) is 69.4 Å². The molecule has 1 heterocycles. The minimum atomic E-state index is -2.17. The molecule has 2 amide bonds. The molecule has 0 saturated heterocycles. The van der Waals surface area contributed by atoms with Crippen LogP contribution in [0, 0.1) is 0 Å². The molecule has 0 fully saturated rings. The molecule has 1 aliphatic rings. The second kappa shape index (κ2) is 14.4. The molecule has 1 aliphatic heterocycles. The number of nitrogens with zero attached hydrogens (tertiary/aromatic N) is 2. The van der Waals surface area contributed by atoms with Crippen LogP contribution in [0.15, 0.2) is 72.8 Å². The van der Waals surface area contributed by atoms with E-state index in [1.165, 1.54) is 7.11 Å². The number of hydrogen-bond acceptors (Lipinski definition) is 6. The van der Waals surface area contributed by atoms with Gasteiger partial charge in [0, 0.05) is 34.9 Å². The molecule has 3 aromatic carbocycles. The van der Waals surface area contributed by atoms with Gasteiger partial charge >= 0.3 is 5.97 Å². The highest BCUT2D eigenvalue weighted by atomic mass is 35.5. The highest BCUT2D eigenvalue weighted by Crippen LogP contribution is 2.43. The third-order valence-corrected chi connectivity index (χ3v) is 13.7. The fourth-order valence-electron chi connectivity index (χ4n) is 5.54. The van der Waals surface area contributed by atoms with Gasteiger partial charge in [-0.1, -0.05) is 50.6 Å². The van der Waals surface area contributed by atoms with E-state index in [0.29, 0.717) is 22.8 Å². The molecule has 0 saturated carbocycles. The van der Waals surface area contributed by atoms with Gasteiger partial charge in [-0.2, -0.15) is 0 Å². The molecule has 0 N–H and O–H groups in total. The maximum absolute atomic E-state index is 14.0. The zero-order valence-corrected chi connectivity index (χ0v) is 29.8. The van der Waals surface area contributed by atoms with E-state index >= 15 is 0 Å². The lowest BCUT2D eigenvalue weighted by Gasteiger charge is -2.43. The van der Waals surface area contributed by atoms with Crippen molar-refractivity contribution in [1.29, 1.82) is 0 Å².